The molecule has 1 aliphatic carbocycles. The van der Waals surface area contributed by atoms with Gasteiger partial charge in [0.2, 0.25) is 5.91 Å². The van der Waals surface area contributed by atoms with E-state index >= 15 is 0 Å². The number of hydrogen-bond acceptors (Lipinski definition) is 4. The Labute approximate surface area is 200 Å². The molecule has 0 aromatic heterocycles. The molecule has 0 saturated heterocycles. The molecule has 2 amide bonds. The molecule has 2 aromatic rings. The Kier molecular flexibility index (Phi) is 8.31. The average molecular weight is 467 g/mol. The van der Waals surface area contributed by atoms with Gasteiger partial charge in [0.15, 0.2) is 0 Å². The van der Waals surface area contributed by atoms with Gasteiger partial charge in [-0.15, -0.1) is 0 Å². The van der Waals surface area contributed by atoms with Gasteiger partial charge in [0.1, 0.15) is 12.6 Å². The van der Waals surface area contributed by atoms with Crippen LogP contribution in [0, 0.1) is 11.8 Å². The van der Waals surface area contributed by atoms with Gasteiger partial charge in [-0.25, -0.2) is 4.79 Å². The number of nitrogens with one attached hydrogen (secondary N) is 2. The van der Waals surface area contributed by atoms with Crippen molar-refractivity contribution in [2.24, 2.45) is 11.8 Å². The number of fused-ring (bicyclic) bond motifs is 3. The third-order valence-electron chi connectivity index (χ3n) is 6.64. The van der Waals surface area contributed by atoms with Gasteiger partial charge in [0, 0.05) is 12.0 Å². The minimum Gasteiger partial charge on any atom is -0.481 e. The van der Waals surface area contributed by atoms with Crippen molar-refractivity contribution in [3.63, 3.8) is 0 Å². The fourth-order valence-corrected chi connectivity index (χ4v) is 4.38. The first-order valence-electron chi connectivity index (χ1n) is 11.9. The van der Waals surface area contributed by atoms with Gasteiger partial charge in [-0.1, -0.05) is 82.6 Å². The highest BCUT2D eigenvalue weighted by Crippen LogP contribution is 2.44. The summed E-state index contributed by atoms with van der Waals surface area (Å²) in [5, 5.41) is 14.7. The number of carboxylic acid groups (broad SMARTS) is 1. The maximum atomic E-state index is 13.0. The predicted octanol–water partition coefficient (Wildman–Crippen LogP) is 4.56. The van der Waals surface area contributed by atoms with Crippen LogP contribution in [0.3, 0.4) is 0 Å². The molecule has 2 aromatic carbocycles. The van der Waals surface area contributed by atoms with Crippen molar-refractivity contribution in [1.82, 2.24) is 10.6 Å². The molecule has 3 N–H and O–H groups in total. The van der Waals surface area contributed by atoms with Crippen molar-refractivity contribution in [1.29, 1.82) is 0 Å². The van der Waals surface area contributed by atoms with Gasteiger partial charge in [-0.3, -0.25) is 9.59 Å². The first kappa shape index (κ1) is 25.3. The van der Waals surface area contributed by atoms with Gasteiger partial charge in [0.25, 0.3) is 0 Å². The minimum atomic E-state index is -0.983. The van der Waals surface area contributed by atoms with Crippen LogP contribution in [-0.4, -0.2) is 41.8 Å². The molecular formula is C27H34N2O5. The summed E-state index contributed by atoms with van der Waals surface area (Å²) < 4.78 is 5.61. The lowest BCUT2D eigenvalue weighted by Gasteiger charge is -2.27. The summed E-state index contributed by atoms with van der Waals surface area (Å²) in [6, 6.07) is 14.8. The highest BCUT2D eigenvalue weighted by molar-refractivity contribution is 5.86. The third-order valence-corrected chi connectivity index (χ3v) is 6.64. The molecule has 7 nitrogen and oxygen atoms in total. The molecule has 0 heterocycles. The van der Waals surface area contributed by atoms with Gasteiger partial charge < -0.3 is 20.5 Å². The van der Waals surface area contributed by atoms with Crippen molar-refractivity contribution in [2.75, 3.05) is 6.61 Å². The molecule has 0 spiro atoms. The van der Waals surface area contributed by atoms with Crippen molar-refractivity contribution in [3.8, 4) is 11.1 Å². The van der Waals surface area contributed by atoms with E-state index < -0.39 is 30.1 Å². The maximum Gasteiger partial charge on any atom is 0.407 e. The lowest BCUT2D eigenvalue weighted by molar-refractivity contribution is -0.138. The second-order valence-electron chi connectivity index (χ2n) is 9.29. The molecule has 0 fully saturated rings. The Bertz CT molecular complexity index is 990. The van der Waals surface area contributed by atoms with E-state index in [9.17, 15) is 14.4 Å². The second kappa shape index (κ2) is 11.2. The largest absolute Gasteiger partial charge is 0.481 e. The molecule has 0 radical (unpaired) electrons. The SMILES string of the molecule is CC[C@H](C)[C@H](NC(=O)OCC1c2ccccc2-c2ccccc21)C(=O)N[C@@H](CC(=O)O)C(C)C. The Morgan fingerprint density at radius 1 is 0.941 bits per heavy atom. The molecule has 3 atom stereocenters. The topological polar surface area (TPSA) is 105 Å². The zero-order valence-corrected chi connectivity index (χ0v) is 20.2. The fraction of sp³-hybridized carbons (Fsp3) is 0.444. The zero-order chi connectivity index (χ0) is 24.8. The van der Waals surface area contributed by atoms with Crippen LogP contribution in [0.1, 0.15) is 57.6 Å². The number of hydrogen-bond donors (Lipinski definition) is 3. The highest BCUT2D eigenvalue weighted by atomic mass is 16.5. The number of aliphatic carboxylic acids is 1. The smallest absolute Gasteiger partial charge is 0.407 e. The van der Waals surface area contributed by atoms with Crippen LogP contribution in [0.15, 0.2) is 48.5 Å². The first-order valence-corrected chi connectivity index (χ1v) is 11.9. The molecule has 0 saturated carbocycles. The van der Waals surface area contributed by atoms with Gasteiger partial charge >= 0.3 is 12.1 Å². The molecular weight excluding hydrogens is 432 g/mol. The fourth-order valence-electron chi connectivity index (χ4n) is 4.38. The molecule has 3 rings (SSSR count). The number of ether oxygens (including phenoxy) is 1. The summed E-state index contributed by atoms with van der Waals surface area (Å²) in [6.07, 6.45) is -0.184. The monoisotopic (exact) mass is 466 g/mol. The second-order valence-corrected chi connectivity index (χ2v) is 9.29. The standard InChI is InChI=1S/C27H34N2O5/c1-5-17(4)25(26(32)28-23(16(2)3)14-24(30)31)29-27(33)34-15-22-20-12-8-6-10-18(20)19-11-7-9-13-21(19)22/h6-13,16-17,22-23,25H,5,14-15H2,1-4H3,(H,28,32)(H,29,33)(H,30,31)/t17-,23-,25-/m0/s1. The predicted molar refractivity (Wildman–Crippen MR) is 130 cm³/mol. The summed E-state index contributed by atoms with van der Waals surface area (Å²) in [5.41, 5.74) is 4.51. The maximum absolute atomic E-state index is 13.0. The van der Waals surface area contributed by atoms with E-state index in [4.69, 9.17) is 9.84 Å². The quantitative estimate of drug-likeness (QED) is 0.476. The number of carbonyl (C=O) groups is 3. The van der Waals surface area contributed by atoms with Gasteiger partial charge in [-0.05, 0) is 34.1 Å². The normalized spacial score (nSPS) is 15.1. The third kappa shape index (κ3) is 5.76. The average Bonchev–Trinajstić information content (AvgIpc) is 3.13. The summed E-state index contributed by atoms with van der Waals surface area (Å²) in [4.78, 5) is 36.9. The number of amides is 2. The van der Waals surface area contributed by atoms with Crippen molar-refractivity contribution < 1.29 is 24.2 Å². The Morgan fingerprint density at radius 3 is 2.00 bits per heavy atom. The minimum absolute atomic E-state index is 0.0629. The number of benzene rings is 2. The Morgan fingerprint density at radius 2 is 1.50 bits per heavy atom. The Balaban J connectivity index is 1.68. The summed E-state index contributed by atoms with van der Waals surface area (Å²) in [5.74, 6) is -1.67. The van der Waals surface area contributed by atoms with E-state index in [2.05, 4.69) is 22.8 Å². The van der Waals surface area contributed by atoms with E-state index in [0.717, 1.165) is 22.3 Å². The number of rotatable bonds is 10. The summed E-state index contributed by atoms with van der Waals surface area (Å²) in [6.45, 7) is 7.66. The van der Waals surface area contributed by atoms with Crippen molar-refractivity contribution in [2.45, 2.75) is 58.5 Å². The van der Waals surface area contributed by atoms with Crippen LogP contribution in [0.5, 0.6) is 0 Å². The van der Waals surface area contributed by atoms with Crippen LogP contribution in [0.2, 0.25) is 0 Å². The van der Waals surface area contributed by atoms with E-state index in [0.29, 0.717) is 6.42 Å². The van der Waals surface area contributed by atoms with E-state index in [1.165, 1.54) is 0 Å². The number of carbonyl (C=O) groups excluding carboxylic acids is 2. The van der Waals surface area contributed by atoms with Crippen LogP contribution in [0.4, 0.5) is 4.79 Å². The molecule has 34 heavy (non-hydrogen) atoms. The summed E-state index contributed by atoms with van der Waals surface area (Å²) >= 11 is 0. The van der Waals surface area contributed by atoms with Crippen LogP contribution >= 0.6 is 0 Å². The van der Waals surface area contributed by atoms with Crippen LogP contribution < -0.4 is 10.6 Å². The van der Waals surface area contributed by atoms with Gasteiger partial charge in [-0.2, -0.15) is 0 Å². The lowest BCUT2D eigenvalue weighted by atomic mass is 9.96. The first-order chi connectivity index (χ1) is 16.2. The molecule has 0 bridgehead atoms. The van der Waals surface area contributed by atoms with E-state index in [-0.39, 0.29) is 30.8 Å². The molecule has 0 aliphatic heterocycles. The number of carboxylic acids is 1. The molecule has 1 aliphatic rings. The van der Waals surface area contributed by atoms with Crippen LogP contribution in [-0.2, 0) is 14.3 Å². The van der Waals surface area contributed by atoms with Crippen molar-refractivity contribution >= 4 is 18.0 Å². The summed E-state index contributed by atoms with van der Waals surface area (Å²) in [7, 11) is 0. The lowest BCUT2D eigenvalue weighted by Crippen LogP contribution is -2.54. The zero-order valence-electron chi connectivity index (χ0n) is 20.2. The van der Waals surface area contributed by atoms with Crippen molar-refractivity contribution in [3.05, 3.63) is 59.7 Å². The van der Waals surface area contributed by atoms with E-state index in [1.807, 2.05) is 64.1 Å². The molecule has 7 heteroatoms. The Hall–Kier alpha value is -3.35. The van der Waals surface area contributed by atoms with Crippen LogP contribution in [0.25, 0.3) is 11.1 Å². The highest BCUT2D eigenvalue weighted by Gasteiger charge is 2.32. The molecule has 182 valence electrons. The van der Waals surface area contributed by atoms with E-state index in [1.54, 1.807) is 0 Å². The molecule has 0 unspecified atom stereocenters. The van der Waals surface area contributed by atoms with Gasteiger partial charge in [0.05, 0.1) is 6.42 Å². The number of alkyl carbamates (subject to hydrolysis) is 1.